The van der Waals surface area contributed by atoms with Crippen molar-refractivity contribution in [3.63, 3.8) is 0 Å². The van der Waals surface area contributed by atoms with Gasteiger partial charge in [0.25, 0.3) is 0 Å². The zero-order valence-corrected chi connectivity index (χ0v) is 12.0. The monoisotopic (exact) mass is 268 g/mol. The fourth-order valence-corrected chi connectivity index (χ4v) is 3.56. The average molecular weight is 268 g/mol. The van der Waals surface area contributed by atoms with Crippen molar-refractivity contribution in [1.82, 2.24) is 5.32 Å². The van der Waals surface area contributed by atoms with E-state index in [2.05, 4.69) is 12.2 Å². The first-order valence-corrected chi connectivity index (χ1v) is 7.75. The molecular weight excluding hydrogens is 240 g/mol. The molecule has 0 aromatic rings. The molecule has 4 nitrogen and oxygen atoms in total. The van der Waals surface area contributed by atoms with Crippen LogP contribution in [0.3, 0.4) is 0 Å². The van der Waals surface area contributed by atoms with Crippen LogP contribution in [0.25, 0.3) is 0 Å². The summed E-state index contributed by atoms with van der Waals surface area (Å²) in [6.07, 6.45) is 7.48. The summed E-state index contributed by atoms with van der Waals surface area (Å²) in [4.78, 5) is 12.3. The molecule has 0 spiro atoms. The molecule has 0 heterocycles. The van der Waals surface area contributed by atoms with Gasteiger partial charge in [0.1, 0.15) is 0 Å². The molecule has 2 unspecified atom stereocenters. The summed E-state index contributed by atoms with van der Waals surface area (Å²) < 4.78 is 0. The number of carbonyl (C=O) groups is 1. The van der Waals surface area contributed by atoms with Crippen molar-refractivity contribution >= 4 is 5.91 Å². The van der Waals surface area contributed by atoms with E-state index in [0.29, 0.717) is 11.8 Å². The number of carbonyl (C=O) groups excluding carboxylic acids is 1. The number of nitrogens with two attached hydrogens (primary N) is 1. The lowest BCUT2D eigenvalue weighted by Crippen LogP contribution is -2.56. The van der Waals surface area contributed by atoms with E-state index >= 15 is 0 Å². The molecule has 4 N–H and O–H groups in total. The van der Waals surface area contributed by atoms with E-state index in [4.69, 9.17) is 5.73 Å². The number of hydrogen-bond donors (Lipinski definition) is 3. The second kappa shape index (κ2) is 6.23. The molecule has 110 valence electrons. The predicted octanol–water partition coefficient (Wildman–Crippen LogP) is 1.56. The fourth-order valence-electron chi connectivity index (χ4n) is 3.56. The molecule has 19 heavy (non-hydrogen) atoms. The van der Waals surface area contributed by atoms with Gasteiger partial charge in [-0.2, -0.15) is 0 Å². The van der Waals surface area contributed by atoms with E-state index in [1.54, 1.807) is 0 Å². The van der Waals surface area contributed by atoms with Gasteiger partial charge in [0.15, 0.2) is 0 Å². The third kappa shape index (κ3) is 3.93. The zero-order chi connectivity index (χ0) is 13.9. The molecule has 2 saturated carbocycles. The van der Waals surface area contributed by atoms with Crippen LogP contribution in [0.5, 0.6) is 0 Å². The second-order valence-electron chi connectivity index (χ2n) is 6.74. The van der Waals surface area contributed by atoms with Crippen molar-refractivity contribution in [3.05, 3.63) is 0 Å². The summed E-state index contributed by atoms with van der Waals surface area (Å²) in [5, 5.41) is 12.5. The lowest BCUT2D eigenvalue weighted by atomic mass is 9.76. The fraction of sp³-hybridized carbons (Fsp3) is 0.933. The van der Waals surface area contributed by atoms with Crippen LogP contribution in [0.4, 0.5) is 0 Å². The highest BCUT2D eigenvalue weighted by molar-refractivity contribution is 5.86. The van der Waals surface area contributed by atoms with Crippen molar-refractivity contribution in [2.24, 2.45) is 17.6 Å². The van der Waals surface area contributed by atoms with Gasteiger partial charge in [0.05, 0.1) is 11.6 Å². The molecule has 0 aliphatic heterocycles. The van der Waals surface area contributed by atoms with E-state index in [9.17, 15) is 9.90 Å². The van der Waals surface area contributed by atoms with E-state index in [-0.39, 0.29) is 12.0 Å². The zero-order valence-electron chi connectivity index (χ0n) is 12.0. The van der Waals surface area contributed by atoms with Gasteiger partial charge in [-0.25, -0.2) is 0 Å². The summed E-state index contributed by atoms with van der Waals surface area (Å²) in [6.45, 7) is 2.90. The van der Waals surface area contributed by atoms with E-state index < -0.39 is 5.54 Å². The minimum atomic E-state index is -0.647. The topological polar surface area (TPSA) is 75.4 Å². The van der Waals surface area contributed by atoms with Gasteiger partial charge in [0.2, 0.25) is 5.91 Å². The Hall–Kier alpha value is -0.610. The molecule has 4 heteroatoms. The SMILES string of the molecule is CC1CCCC(N)(C(=O)NCC2CCC(O)CC2)C1. The molecule has 2 aliphatic rings. The Balaban J connectivity index is 1.77. The summed E-state index contributed by atoms with van der Waals surface area (Å²) in [7, 11) is 0. The van der Waals surface area contributed by atoms with Crippen LogP contribution in [-0.4, -0.2) is 29.2 Å². The van der Waals surface area contributed by atoms with Crippen LogP contribution in [0, 0.1) is 11.8 Å². The van der Waals surface area contributed by atoms with Crippen LogP contribution in [0.1, 0.15) is 58.3 Å². The molecule has 0 bridgehead atoms. The lowest BCUT2D eigenvalue weighted by Gasteiger charge is -2.36. The molecule has 0 radical (unpaired) electrons. The predicted molar refractivity (Wildman–Crippen MR) is 75.5 cm³/mol. The molecule has 0 aromatic carbocycles. The standard InChI is InChI=1S/C15H28N2O2/c1-11-3-2-8-15(16,9-11)14(19)17-10-12-4-6-13(18)7-5-12/h11-13,18H,2-10,16H2,1H3,(H,17,19). The second-order valence-corrected chi connectivity index (χ2v) is 6.74. The lowest BCUT2D eigenvalue weighted by molar-refractivity contribution is -0.128. The maximum Gasteiger partial charge on any atom is 0.240 e. The largest absolute Gasteiger partial charge is 0.393 e. The highest BCUT2D eigenvalue weighted by Crippen LogP contribution is 2.31. The average Bonchev–Trinajstić information content (AvgIpc) is 2.37. The van der Waals surface area contributed by atoms with Gasteiger partial charge in [-0.15, -0.1) is 0 Å². The Bertz CT molecular complexity index is 313. The first-order chi connectivity index (χ1) is 8.99. The number of aliphatic hydroxyl groups is 1. The molecule has 1 amide bonds. The maximum absolute atomic E-state index is 12.3. The Morgan fingerprint density at radius 1 is 1.32 bits per heavy atom. The molecule has 2 fully saturated rings. The quantitative estimate of drug-likeness (QED) is 0.727. The number of amides is 1. The van der Waals surface area contributed by atoms with Gasteiger partial charge in [-0.05, 0) is 50.4 Å². The normalized spacial score (nSPS) is 39.8. The summed E-state index contributed by atoms with van der Waals surface area (Å²) >= 11 is 0. The van der Waals surface area contributed by atoms with Crippen LogP contribution in [0.2, 0.25) is 0 Å². The number of aliphatic hydroxyl groups excluding tert-OH is 1. The van der Waals surface area contributed by atoms with Crippen LogP contribution >= 0.6 is 0 Å². The first kappa shape index (κ1) is 14.8. The highest BCUT2D eigenvalue weighted by atomic mass is 16.3. The Morgan fingerprint density at radius 3 is 2.63 bits per heavy atom. The Morgan fingerprint density at radius 2 is 2.00 bits per heavy atom. The van der Waals surface area contributed by atoms with Crippen molar-refractivity contribution in [2.75, 3.05) is 6.54 Å². The minimum Gasteiger partial charge on any atom is -0.393 e. The first-order valence-electron chi connectivity index (χ1n) is 7.75. The molecule has 2 rings (SSSR count). The van der Waals surface area contributed by atoms with Crippen LogP contribution < -0.4 is 11.1 Å². The van der Waals surface area contributed by atoms with Gasteiger partial charge in [0, 0.05) is 6.54 Å². The summed E-state index contributed by atoms with van der Waals surface area (Å²) in [5.74, 6) is 1.09. The van der Waals surface area contributed by atoms with Crippen LogP contribution in [-0.2, 0) is 4.79 Å². The van der Waals surface area contributed by atoms with Gasteiger partial charge >= 0.3 is 0 Å². The van der Waals surface area contributed by atoms with Crippen molar-refractivity contribution < 1.29 is 9.90 Å². The summed E-state index contributed by atoms with van der Waals surface area (Å²) in [6, 6.07) is 0. The smallest absolute Gasteiger partial charge is 0.240 e. The van der Waals surface area contributed by atoms with Crippen LogP contribution in [0.15, 0.2) is 0 Å². The van der Waals surface area contributed by atoms with Gasteiger partial charge in [-0.3, -0.25) is 4.79 Å². The Kier molecular flexibility index (Phi) is 4.85. The van der Waals surface area contributed by atoms with E-state index in [1.165, 1.54) is 6.42 Å². The van der Waals surface area contributed by atoms with Gasteiger partial charge in [-0.1, -0.05) is 19.8 Å². The number of rotatable bonds is 3. The van der Waals surface area contributed by atoms with Crippen molar-refractivity contribution in [3.8, 4) is 0 Å². The molecule has 0 aromatic heterocycles. The molecule has 2 aliphatic carbocycles. The van der Waals surface area contributed by atoms with Crippen molar-refractivity contribution in [1.29, 1.82) is 0 Å². The molecular formula is C15H28N2O2. The number of nitrogens with one attached hydrogen (secondary N) is 1. The maximum atomic E-state index is 12.3. The summed E-state index contributed by atoms with van der Waals surface area (Å²) in [5.41, 5.74) is 5.63. The third-order valence-corrected chi connectivity index (χ3v) is 4.85. The van der Waals surface area contributed by atoms with Gasteiger partial charge < -0.3 is 16.2 Å². The molecule has 0 saturated heterocycles. The Labute approximate surface area is 116 Å². The highest BCUT2D eigenvalue weighted by Gasteiger charge is 2.38. The minimum absolute atomic E-state index is 0.0326. The third-order valence-electron chi connectivity index (χ3n) is 4.85. The van der Waals surface area contributed by atoms with E-state index in [0.717, 1.165) is 51.5 Å². The molecule has 2 atom stereocenters. The van der Waals surface area contributed by atoms with Crippen molar-refractivity contribution in [2.45, 2.75) is 69.9 Å². The number of hydrogen-bond acceptors (Lipinski definition) is 3. The van der Waals surface area contributed by atoms with E-state index in [1.807, 2.05) is 0 Å².